The predicted molar refractivity (Wildman–Crippen MR) is 83.1 cm³/mol. The van der Waals surface area contributed by atoms with Gasteiger partial charge in [0.05, 0.1) is 6.54 Å². The summed E-state index contributed by atoms with van der Waals surface area (Å²) in [7, 11) is 0. The molecular formula is C16H30N2O3. The highest BCUT2D eigenvalue weighted by Gasteiger charge is 2.43. The monoisotopic (exact) mass is 298 g/mol. The van der Waals surface area contributed by atoms with E-state index in [1.807, 2.05) is 51.3 Å². The average Bonchev–Trinajstić information content (AvgIpc) is 2.25. The molecule has 1 aliphatic heterocycles. The summed E-state index contributed by atoms with van der Waals surface area (Å²) in [6, 6.07) is -0.339. The minimum atomic E-state index is -0.826. The molecule has 1 saturated heterocycles. The highest BCUT2D eigenvalue weighted by Crippen LogP contribution is 2.35. The van der Waals surface area contributed by atoms with Crippen LogP contribution in [0.2, 0.25) is 0 Å². The molecule has 5 nitrogen and oxygen atoms in total. The zero-order chi connectivity index (χ0) is 16.4. The number of nitrogens with zero attached hydrogens (tertiary/aromatic N) is 2. The Morgan fingerprint density at radius 1 is 1.24 bits per heavy atom. The number of rotatable bonds is 5. The number of likely N-dealkylation sites (tertiary alicyclic amines) is 1. The van der Waals surface area contributed by atoms with Crippen molar-refractivity contribution in [3.8, 4) is 0 Å². The summed E-state index contributed by atoms with van der Waals surface area (Å²) in [4.78, 5) is 27.9. The van der Waals surface area contributed by atoms with Crippen LogP contribution in [0, 0.1) is 5.41 Å². The SMILES string of the molecule is CC(C)N(C(=O)CN1CCCC(C)(C)C1C(=O)O)C(C)C. The molecule has 0 aliphatic carbocycles. The number of carbonyl (C=O) groups is 2. The van der Waals surface area contributed by atoms with Crippen LogP contribution in [0.5, 0.6) is 0 Å². The summed E-state index contributed by atoms with van der Waals surface area (Å²) in [6.07, 6.45) is 1.82. The lowest BCUT2D eigenvalue weighted by molar-refractivity contribution is -0.153. The minimum absolute atomic E-state index is 0.0175. The van der Waals surface area contributed by atoms with Crippen molar-refractivity contribution in [3.63, 3.8) is 0 Å². The van der Waals surface area contributed by atoms with Crippen LogP contribution in [0.3, 0.4) is 0 Å². The first-order chi connectivity index (χ1) is 9.58. The van der Waals surface area contributed by atoms with Crippen molar-refractivity contribution in [1.29, 1.82) is 0 Å². The molecule has 1 unspecified atom stereocenters. The average molecular weight is 298 g/mol. The Bertz CT molecular complexity index is 383. The first kappa shape index (κ1) is 18.0. The molecule has 1 rings (SSSR count). The number of aliphatic carboxylic acids is 1. The van der Waals surface area contributed by atoms with E-state index in [0.29, 0.717) is 6.54 Å². The van der Waals surface area contributed by atoms with Gasteiger partial charge in [-0.25, -0.2) is 0 Å². The molecule has 1 fully saturated rings. The zero-order valence-corrected chi connectivity index (χ0v) is 14.2. The Labute approximate surface area is 128 Å². The smallest absolute Gasteiger partial charge is 0.321 e. The highest BCUT2D eigenvalue weighted by atomic mass is 16.4. The van der Waals surface area contributed by atoms with E-state index in [1.54, 1.807) is 0 Å². The largest absolute Gasteiger partial charge is 0.480 e. The summed E-state index contributed by atoms with van der Waals surface area (Å²) < 4.78 is 0. The lowest BCUT2D eigenvalue weighted by Crippen LogP contribution is -2.57. The Morgan fingerprint density at radius 2 is 1.76 bits per heavy atom. The third-order valence-electron chi connectivity index (χ3n) is 4.34. The number of carboxylic acids is 1. The molecule has 1 aliphatic rings. The van der Waals surface area contributed by atoms with E-state index < -0.39 is 12.0 Å². The van der Waals surface area contributed by atoms with Gasteiger partial charge in [-0.05, 0) is 52.5 Å². The lowest BCUT2D eigenvalue weighted by atomic mass is 9.76. The summed E-state index contributed by atoms with van der Waals surface area (Å²) in [6.45, 7) is 12.8. The quantitative estimate of drug-likeness (QED) is 0.845. The van der Waals surface area contributed by atoms with Crippen LogP contribution < -0.4 is 0 Å². The van der Waals surface area contributed by atoms with Crippen molar-refractivity contribution in [2.45, 2.75) is 72.5 Å². The molecule has 1 atom stereocenters. The van der Waals surface area contributed by atoms with Crippen LogP contribution in [0.4, 0.5) is 0 Å². The van der Waals surface area contributed by atoms with Gasteiger partial charge in [0.2, 0.25) is 5.91 Å². The molecule has 0 bridgehead atoms. The maximum absolute atomic E-state index is 12.6. The molecule has 122 valence electrons. The molecule has 1 heterocycles. The van der Waals surface area contributed by atoms with E-state index in [4.69, 9.17) is 0 Å². The first-order valence-electron chi connectivity index (χ1n) is 7.86. The number of carboxylic acid groups (broad SMARTS) is 1. The third-order valence-corrected chi connectivity index (χ3v) is 4.34. The fourth-order valence-corrected chi connectivity index (χ4v) is 3.59. The van der Waals surface area contributed by atoms with Crippen molar-refractivity contribution in [2.75, 3.05) is 13.1 Å². The van der Waals surface area contributed by atoms with E-state index >= 15 is 0 Å². The maximum Gasteiger partial charge on any atom is 0.321 e. The molecule has 0 radical (unpaired) electrons. The Morgan fingerprint density at radius 3 is 2.19 bits per heavy atom. The van der Waals surface area contributed by atoms with Crippen molar-refractivity contribution >= 4 is 11.9 Å². The molecule has 0 aromatic rings. The molecule has 0 aromatic carbocycles. The van der Waals surface area contributed by atoms with Crippen LogP contribution >= 0.6 is 0 Å². The van der Waals surface area contributed by atoms with E-state index in [-0.39, 0.29) is 30.0 Å². The minimum Gasteiger partial charge on any atom is -0.480 e. The second-order valence-electron chi connectivity index (χ2n) is 7.29. The number of hydrogen-bond acceptors (Lipinski definition) is 3. The highest BCUT2D eigenvalue weighted by molar-refractivity contribution is 5.81. The number of hydrogen-bond donors (Lipinski definition) is 1. The number of carbonyl (C=O) groups excluding carboxylic acids is 1. The second-order valence-corrected chi connectivity index (χ2v) is 7.29. The number of piperidine rings is 1. The van der Waals surface area contributed by atoms with E-state index in [9.17, 15) is 14.7 Å². The maximum atomic E-state index is 12.6. The third kappa shape index (κ3) is 4.19. The molecular weight excluding hydrogens is 268 g/mol. The molecule has 0 spiro atoms. The van der Waals surface area contributed by atoms with Crippen molar-refractivity contribution in [1.82, 2.24) is 9.80 Å². The summed E-state index contributed by atoms with van der Waals surface area (Å²) in [5.74, 6) is -0.808. The van der Waals surface area contributed by atoms with Gasteiger partial charge in [0.25, 0.3) is 0 Å². The Balaban J connectivity index is 2.88. The van der Waals surface area contributed by atoms with Crippen LogP contribution in [-0.2, 0) is 9.59 Å². The summed E-state index contributed by atoms with van der Waals surface area (Å²) >= 11 is 0. The van der Waals surface area contributed by atoms with Crippen molar-refractivity contribution in [3.05, 3.63) is 0 Å². The van der Waals surface area contributed by atoms with Gasteiger partial charge < -0.3 is 10.0 Å². The summed E-state index contributed by atoms with van der Waals surface area (Å²) in [5.41, 5.74) is -0.301. The van der Waals surface area contributed by atoms with E-state index in [2.05, 4.69) is 0 Å². The Kier molecular flexibility index (Phi) is 5.79. The van der Waals surface area contributed by atoms with Gasteiger partial charge in [-0.1, -0.05) is 13.8 Å². The van der Waals surface area contributed by atoms with E-state index in [1.165, 1.54) is 0 Å². The topological polar surface area (TPSA) is 60.9 Å². The first-order valence-corrected chi connectivity index (χ1v) is 7.86. The molecule has 1 N–H and O–H groups in total. The van der Waals surface area contributed by atoms with Gasteiger partial charge in [0.15, 0.2) is 0 Å². The Hall–Kier alpha value is -1.10. The van der Waals surface area contributed by atoms with Crippen molar-refractivity contribution in [2.24, 2.45) is 5.41 Å². The van der Waals surface area contributed by atoms with Crippen LogP contribution in [-0.4, -0.2) is 58.0 Å². The molecule has 0 aromatic heterocycles. The molecule has 1 amide bonds. The van der Waals surface area contributed by atoms with E-state index in [0.717, 1.165) is 12.8 Å². The number of amides is 1. The van der Waals surface area contributed by atoms with Gasteiger partial charge in [-0.15, -0.1) is 0 Å². The zero-order valence-electron chi connectivity index (χ0n) is 14.2. The van der Waals surface area contributed by atoms with Gasteiger partial charge in [0.1, 0.15) is 6.04 Å². The second kappa shape index (κ2) is 6.77. The molecule has 0 saturated carbocycles. The summed E-state index contributed by atoms with van der Waals surface area (Å²) in [5, 5.41) is 9.55. The van der Waals surface area contributed by atoms with Gasteiger partial charge in [-0.3, -0.25) is 14.5 Å². The van der Waals surface area contributed by atoms with Gasteiger partial charge in [0, 0.05) is 12.1 Å². The van der Waals surface area contributed by atoms with Crippen molar-refractivity contribution < 1.29 is 14.7 Å². The fourth-order valence-electron chi connectivity index (χ4n) is 3.59. The predicted octanol–water partition coefficient (Wildman–Crippen LogP) is 2.21. The van der Waals surface area contributed by atoms with Crippen LogP contribution in [0.1, 0.15) is 54.4 Å². The van der Waals surface area contributed by atoms with Crippen LogP contribution in [0.15, 0.2) is 0 Å². The van der Waals surface area contributed by atoms with Gasteiger partial charge in [-0.2, -0.15) is 0 Å². The molecule has 5 heteroatoms. The van der Waals surface area contributed by atoms with Gasteiger partial charge >= 0.3 is 5.97 Å². The van der Waals surface area contributed by atoms with Crippen LogP contribution in [0.25, 0.3) is 0 Å². The fraction of sp³-hybridized carbons (Fsp3) is 0.875. The standard InChI is InChI=1S/C16H30N2O3/c1-11(2)18(12(3)4)13(19)10-17-9-7-8-16(5,6)14(17)15(20)21/h11-12,14H,7-10H2,1-6H3,(H,20,21). The molecule has 21 heavy (non-hydrogen) atoms. The lowest BCUT2D eigenvalue weighted by Gasteiger charge is -2.44. The normalized spacial score (nSPS) is 22.6.